The van der Waals surface area contributed by atoms with Crippen LogP contribution in [-0.4, -0.2) is 20.2 Å². The number of methoxy groups -OCH3 is 2. The van der Waals surface area contributed by atoms with E-state index in [4.69, 9.17) is 9.15 Å². The van der Waals surface area contributed by atoms with E-state index in [0.29, 0.717) is 13.2 Å². The Morgan fingerprint density at radius 2 is 2.00 bits per heavy atom. The van der Waals surface area contributed by atoms with Crippen molar-refractivity contribution in [3.63, 3.8) is 0 Å². The Bertz CT molecular complexity index is 577. The molecule has 0 fully saturated rings. The van der Waals surface area contributed by atoms with Crippen LogP contribution in [0.1, 0.15) is 21.7 Å². The Morgan fingerprint density at radius 1 is 1.20 bits per heavy atom. The first-order valence-electron chi connectivity index (χ1n) is 6.21. The maximum absolute atomic E-state index is 11.5. The Balaban J connectivity index is 2.09. The van der Waals surface area contributed by atoms with Gasteiger partial charge in [0.05, 0.1) is 20.0 Å². The van der Waals surface area contributed by atoms with Crippen molar-refractivity contribution in [2.75, 3.05) is 19.5 Å². The quantitative estimate of drug-likeness (QED) is 0.821. The molecule has 106 valence electrons. The largest absolute Gasteiger partial charge is 0.463 e. The van der Waals surface area contributed by atoms with Gasteiger partial charge in [-0.2, -0.15) is 0 Å². The summed E-state index contributed by atoms with van der Waals surface area (Å²) in [7, 11) is 2.98. The number of rotatable bonds is 6. The zero-order valence-electron chi connectivity index (χ0n) is 11.5. The van der Waals surface area contributed by atoms with E-state index in [9.17, 15) is 4.79 Å². The molecule has 0 aliphatic rings. The predicted molar refractivity (Wildman–Crippen MR) is 74.5 cm³/mol. The minimum atomic E-state index is -0.475. The highest BCUT2D eigenvalue weighted by Crippen LogP contribution is 2.19. The molecule has 1 aromatic heterocycles. The average molecular weight is 275 g/mol. The molecule has 5 heteroatoms. The number of nitrogens with one attached hydrogen (secondary N) is 1. The van der Waals surface area contributed by atoms with E-state index in [1.165, 1.54) is 13.4 Å². The Hall–Kier alpha value is -2.27. The number of carbonyl (C=O) groups is 1. The molecule has 0 atom stereocenters. The van der Waals surface area contributed by atoms with E-state index in [1.807, 2.05) is 24.3 Å². The normalized spacial score (nSPS) is 10.3. The standard InChI is InChI=1S/C15H17NO4/c1-18-10-12-5-3-4-6-13(12)16-9-11-7-8-20-14(11)15(17)19-2/h3-8,16H,9-10H2,1-2H3. The summed E-state index contributed by atoms with van der Waals surface area (Å²) in [5.41, 5.74) is 2.77. The number of ether oxygens (including phenoxy) is 2. The molecular weight excluding hydrogens is 258 g/mol. The Kier molecular flexibility index (Phi) is 4.79. The number of benzene rings is 1. The third kappa shape index (κ3) is 3.19. The third-order valence-corrected chi connectivity index (χ3v) is 2.90. The molecule has 1 aromatic carbocycles. The van der Waals surface area contributed by atoms with Crippen LogP contribution >= 0.6 is 0 Å². The van der Waals surface area contributed by atoms with Crippen molar-refractivity contribution in [3.8, 4) is 0 Å². The monoisotopic (exact) mass is 275 g/mol. The molecule has 2 aromatic rings. The molecule has 5 nitrogen and oxygen atoms in total. The number of esters is 1. The lowest BCUT2D eigenvalue weighted by Crippen LogP contribution is -2.08. The number of hydrogen-bond donors (Lipinski definition) is 1. The lowest BCUT2D eigenvalue weighted by molar-refractivity contribution is 0.0563. The maximum Gasteiger partial charge on any atom is 0.374 e. The summed E-state index contributed by atoms with van der Waals surface area (Å²) in [6.45, 7) is 1.00. The minimum Gasteiger partial charge on any atom is -0.463 e. The fourth-order valence-corrected chi connectivity index (χ4v) is 1.91. The number of anilines is 1. The van der Waals surface area contributed by atoms with Crippen LogP contribution in [0, 0.1) is 0 Å². The highest BCUT2D eigenvalue weighted by molar-refractivity contribution is 5.87. The molecule has 0 unspecified atom stereocenters. The Labute approximate surface area is 117 Å². The zero-order valence-corrected chi connectivity index (χ0v) is 11.5. The van der Waals surface area contributed by atoms with Crippen LogP contribution in [0.4, 0.5) is 5.69 Å². The van der Waals surface area contributed by atoms with Gasteiger partial charge in [-0.05, 0) is 12.1 Å². The fraction of sp³-hybridized carbons (Fsp3) is 0.267. The first-order valence-corrected chi connectivity index (χ1v) is 6.21. The van der Waals surface area contributed by atoms with Crippen LogP contribution in [0.2, 0.25) is 0 Å². The van der Waals surface area contributed by atoms with E-state index in [0.717, 1.165) is 16.8 Å². The lowest BCUT2D eigenvalue weighted by atomic mass is 10.1. The van der Waals surface area contributed by atoms with Gasteiger partial charge in [0, 0.05) is 30.5 Å². The van der Waals surface area contributed by atoms with Gasteiger partial charge in [0.15, 0.2) is 0 Å². The molecule has 1 N–H and O–H groups in total. The van der Waals surface area contributed by atoms with E-state index in [2.05, 4.69) is 10.1 Å². The highest BCUT2D eigenvalue weighted by Gasteiger charge is 2.15. The maximum atomic E-state index is 11.5. The van der Waals surface area contributed by atoms with Crippen molar-refractivity contribution in [2.45, 2.75) is 13.2 Å². The second-order valence-electron chi connectivity index (χ2n) is 4.21. The first-order chi connectivity index (χ1) is 9.76. The van der Waals surface area contributed by atoms with Crippen LogP contribution in [0.25, 0.3) is 0 Å². The molecule has 0 bridgehead atoms. The minimum absolute atomic E-state index is 0.226. The lowest BCUT2D eigenvalue weighted by Gasteiger charge is -2.11. The van der Waals surface area contributed by atoms with E-state index in [1.54, 1.807) is 13.2 Å². The van der Waals surface area contributed by atoms with Crippen LogP contribution in [-0.2, 0) is 22.6 Å². The smallest absolute Gasteiger partial charge is 0.374 e. The van der Waals surface area contributed by atoms with Crippen LogP contribution in [0.15, 0.2) is 41.0 Å². The fourth-order valence-electron chi connectivity index (χ4n) is 1.91. The van der Waals surface area contributed by atoms with E-state index in [-0.39, 0.29) is 5.76 Å². The second kappa shape index (κ2) is 6.77. The molecule has 0 spiro atoms. The summed E-state index contributed by atoms with van der Waals surface area (Å²) >= 11 is 0. The summed E-state index contributed by atoms with van der Waals surface area (Å²) in [4.78, 5) is 11.5. The zero-order chi connectivity index (χ0) is 14.4. The number of carbonyl (C=O) groups excluding carboxylic acids is 1. The highest BCUT2D eigenvalue weighted by atomic mass is 16.5. The molecule has 0 amide bonds. The molecule has 0 saturated carbocycles. The van der Waals surface area contributed by atoms with Crippen molar-refractivity contribution in [1.82, 2.24) is 0 Å². The van der Waals surface area contributed by atoms with Gasteiger partial charge in [-0.25, -0.2) is 4.79 Å². The average Bonchev–Trinajstić information content (AvgIpc) is 2.94. The molecular formula is C15H17NO4. The van der Waals surface area contributed by atoms with Gasteiger partial charge in [0.25, 0.3) is 0 Å². The van der Waals surface area contributed by atoms with Crippen LogP contribution < -0.4 is 5.32 Å². The van der Waals surface area contributed by atoms with Crippen LogP contribution in [0.3, 0.4) is 0 Å². The Morgan fingerprint density at radius 3 is 2.75 bits per heavy atom. The van der Waals surface area contributed by atoms with Crippen molar-refractivity contribution in [3.05, 3.63) is 53.5 Å². The topological polar surface area (TPSA) is 60.7 Å². The molecule has 0 radical (unpaired) electrons. The van der Waals surface area contributed by atoms with Crippen molar-refractivity contribution in [1.29, 1.82) is 0 Å². The predicted octanol–water partition coefficient (Wildman–Crippen LogP) is 2.82. The summed E-state index contributed by atoms with van der Waals surface area (Å²) in [6, 6.07) is 9.60. The summed E-state index contributed by atoms with van der Waals surface area (Å²) in [5, 5.41) is 3.27. The molecule has 0 saturated heterocycles. The van der Waals surface area contributed by atoms with Gasteiger partial charge in [0.2, 0.25) is 5.76 Å². The van der Waals surface area contributed by atoms with E-state index < -0.39 is 5.97 Å². The molecule has 2 rings (SSSR count). The number of hydrogen-bond acceptors (Lipinski definition) is 5. The molecule has 0 aliphatic carbocycles. The van der Waals surface area contributed by atoms with Gasteiger partial charge < -0.3 is 19.2 Å². The number of para-hydroxylation sites is 1. The van der Waals surface area contributed by atoms with Gasteiger partial charge in [-0.3, -0.25) is 0 Å². The molecule has 20 heavy (non-hydrogen) atoms. The van der Waals surface area contributed by atoms with Gasteiger partial charge in [0.1, 0.15) is 0 Å². The first kappa shape index (κ1) is 14.1. The van der Waals surface area contributed by atoms with Crippen molar-refractivity contribution < 1.29 is 18.7 Å². The second-order valence-corrected chi connectivity index (χ2v) is 4.21. The third-order valence-electron chi connectivity index (χ3n) is 2.90. The van der Waals surface area contributed by atoms with Crippen LogP contribution in [0.5, 0.6) is 0 Å². The van der Waals surface area contributed by atoms with Crippen molar-refractivity contribution >= 4 is 11.7 Å². The summed E-state index contributed by atoms with van der Waals surface area (Å²) in [6.07, 6.45) is 1.48. The van der Waals surface area contributed by atoms with Crippen molar-refractivity contribution in [2.24, 2.45) is 0 Å². The van der Waals surface area contributed by atoms with Gasteiger partial charge in [-0.1, -0.05) is 18.2 Å². The molecule has 1 heterocycles. The SMILES string of the molecule is COCc1ccccc1NCc1ccoc1C(=O)OC. The number of furan rings is 1. The van der Waals surface area contributed by atoms with E-state index >= 15 is 0 Å². The summed E-state index contributed by atoms with van der Waals surface area (Å²) < 4.78 is 15.0. The molecule has 0 aliphatic heterocycles. The van der Waals surface area contributed by atoms with Gasteiger partial charge in [-0.15, -0.1) is 0 Å². The van der Waals surface area contributed by atoms with Gasteiger partial charge >= 0.3 is 5.97 Å². The summed E-state index contributed by atoms with van der Waals surface area (Å²) in [5.74, 6) is -0.249.